The zero-order chi connectivity index (χ0) is 13.9. The Labute approximate surface area is 120 Å². The predicted octanol–water partition coefficient (Wildman–Crippen LogP) is 3.96. The van der Waals surface area contributed by atoms with E-state index < -0.39 is 0 Å². The Kier molecular flexibility index (Phi) is 3.52. The molecular formula is C15H14N2O2S. The van der Waals surface area contributed by atoms with Crippen LogP contribution >= 0.6 is 11.8 Å². The molecule has 0 aliphatic carbocycles. The molecule has 4 nitrogen and oxygen atoms in total. The van der Waals surface area contributed by atoms with Gasteiger partial charge < -0.3 is 14.9 Å². The van der Waals surface area contributed by atoms with Gasteiger partial charge in [-0.05, 0) is 43.0 Å². The fraction of sp³-hybridized carbons (Fsp3) is 0.133. The van der Waals surface area contributed by atoms with E-state index in [0.29, 0.717) is 23.3 Å². The van der Waals surface area contributed by atoms with Crippen molar-refractivity contribution in [1.82, 2.24) is 4.98 Å². The van der Waals surface area contributed by atoms with Gasteiger partial charge in [0.1, 0.15) is 11.3 Å². The van der Waals surface area contributed by atoms with Crippen molar-refractivity contribution in [2.24, 2.45) is 0 Å². The SMILES string of the molecule is CCOc1cccc(Sc2nc3ccccc3o2)c1N. The molecule has 0 radical (unpaired) electrons. The number of oxazole rings is 1. The summed E-state index contributed by atoms with van der Waals surface area (Å²) in [6.07, 6.45) is 0. The number of aromatic nitrogens is 1. The molecule has 0 bridgehead atoms. The van der Waals surface area contributed by atoms with Crippen LogP contribution in [0.1, 0.15) is 6.92 Å². The second-order valence-corrected chi connectivity index (χ2v) is 5.14. The Hall–Kier alpha value is -2.14. The molecule has 5 heteroatoms. The smallest absolute Gasteiger partial charge is 0.261 e. The summed E-state index contributed by atoms with van der Waals surface area (Å²) in [5.74, 6) is 0.689. The monoisotopic (exact) mass is 286 g/mol. The third-order valence-corrected chi connectivity index (χ3v) is 3.72. The van der Waals surface area contributed by atoms with Gasteiger partial charge in [0.25, 0.3) is 5.22 Å². The van der Waals surface area contributed by atoms with Gasteiger partial charge in [-0.1, -0.05) is 18.2 Å². The van der Waals surface area contributed by atoms with Crippen LogP contribution in [0.25, 0.3) is 11.1 Å². The molecule has 3 rings (SSSR count). The summed E-state index contributed by atoms with van der Waals surface area (Å²) in [6, 6.07) is 13.4. The number of anilines is 1. The predicted molar refractivity (Wildman–Crippen MR) is 80.2 cm³/mol. The second-order valence-electron chi connectivity index (χ2n) is 4.15. The summed E-state index contributed by atoms with van der Waals surface area (Å²) in [4.78, 5) is 5.30. The molecule has 1 aromatic heterocycles. The van der Waals surface area contributed by atoms with E-state index in [0.717, 1.165) is 16.0 Å². The molecule has 0 aliphatic heterocycles. The molecule has 20 heavy (non-hydrogen) atoms. The molecule has 102 valence electrons. The van der Waals surface area contributed by atoms with Crippen LogP contribution in [-0.4, -0.2) is 11.6 Å². The fourth-order valence-corrected chi connectivity index (χ4v) is 2.70. The molecule has 2 aromatic carbocycles. The van der Waals surface area contributed by atoms with Gasteiger partial charge in [-0.15, -0.1) is 0 Å². The quantitative estimate of drug-likeness (QED) is 0.735. The highest BCUT2D eigenvalue weighted by molar-refractivity contribution is 7.99. The van der Waals surface area contributed by atoms with Crippen LogP contribution in [0.3, 0.4) is 0 Å². The zero-order valence-corrected chi connectivity index (χ0v) is 11.8. The molecule has 0 atom stereocenters. The topological polar surface area (TPSA) is 61.3 Å². The van der Waals surface area contributed by atoms with E-state index in [1.54, 1.807) is 0 Å². The number of hydrogen-bond donors (Lipinski definition) is 1. The summed E-state index contributed by atoms with van der Waals surface area (Å²) in [5, 5.41) is 0.576. The van der Waals surface area contributed by atoms with Crippen molar-refractivity contribution in [3.05, 3.63) is 42.5 Å². The van der Waals surface area contributed by atoms with Gasteiger partial charge in [-0.3, -0.25) is 0 Å². The van der Waals surface area contributed by atoms with E-state index in [1.165, 1.54) is 11.8 Å². The fourth-order valence-electron chi connectivity index (χ4n) is 1.88. The molecule has 0 fully saturated rings. The Morgan fingerprint density at radius 1 is 1.20 bits per heavy atom. The number of hydrogen-bond acceptors (Lipinski definition) is 5. The lowest BCUT2D eigenvalue weighted by Gasteiger charge is -2.09. The number of benzene rings is 2. The maximum atomic E-state index is 6.10. The van der Waals surface area contributed by atoms with Gasteiger partial charge in [-0.25, -0.2) is 4.98 Å². The second kappa shape index (κ2) is 5.46. The molecule has 0 amide bonds. The van der Waals surface area contributed by atoms with Crippen LogP contribution in [0.2, 0.25) is 0 Å². The highest BCUT2D eigenvalue weighted by atomic mass is 32.2. The van der Waals surface area contributed by atoms with Crippen molar-refractivity contribution >= 4 is 28.5 Å². The van der Waals surface area contributed by atoms with Gasteiger partial charge in [0.2, 0.25) is 0 Å². The molecule has 3 aromatic rings. The number of nitrogens with two attached hydrogens (primary N) is 1. The first-order valence-corrected chi connectivity index (χ1v) is 7.14. The van der Waals surface area contributed by atoms with Crippen LogP contribution < -0.4 is 10.5 Å². The first-order chi connectivity index (χ1) is 9.78. The maximum absolute atomic E-state index is 6.10. The zero-order valence-electron chi connectivity index (χ0n) is 11.0. The number of nitrogen functional groups attached to an aromatic ring is 1. The van der Waals surface area contributed by atoms with Crippen molar-refractivity contribution < 1.29 is 9.15 Å². The molecule has 0 saturated carbocycles. The average Bonchev–Trinajstić information content (AvgIpc) is 2.86. The van der Waals surface area contributed by atoms with E-state index in [1.807, 2.05) is 49.4 Å². The summed E-state index contributed by atoms with van der Waals surface area (Å²) in [5.41, 5.74) is 8.32. The molecule has 0 spiro atoms. The van der Waals surface area contributed by atoms with Gasteiger partial charge in [0.15, 0.2) is 5.58 Å². The first-order valence-electron chi connectivity index (χ1n) is 6.32. The van der Waals surface area contributed by atoms with Crippen molar-refractivity contribution in [1.29, 1.82) is 0 Å². The first kappa shape index (κ1) is 12.9. The number of nitrogens with zero attached hydrogens (tertiary/aromatic N) is 1. The maximum Gasteiger partial charge on any atom is 0.261 e. The molecule has 1 heterocycles. The molecule has 0 aliphatic rings. The highest BCUT2D eigenvalue weighted by Gasteiger charge is 2.11. The third kappa shape index (κ3) is 2.44. The van der Waals surface area contributed by atoms with Crippen LogP contribution in [0.4, 0.5) is 5.69 Å². The number of rotatable bonds is 4. The Bertz CT molecular complexity index is 707. The van der Waals surface area contributed by atoms with Gasteiger partial charge in [0.05, 0.1) is 12.3 Å². The van der Waals surface area contributed by atoms with Crippen LogP contribution in [0.15, 0.2) is 57.0 Å². The van der Waals surface area contributed by atoms with E-state index >= 15 is 0 Å². The van der Waals surface area contributed by atoms with Crippen molar-refractivity contribution in [2.75, 3.05) is 12.3 Å². The van der Waals surface area contributed by atoms with Crippen LogP contribution in [0.5, 0.6) is 5.75 Å². The van der Waals surface area contributed by atoms with Crippen molar-refractivity contribution in [2.45, 2.75) is 17.0 Å². The van der Waals surface area contributed by atoms with E-state index in [-0.39, 0.29) is 0 Å². The van der Waals surface area contributed by atoms with Crippen molar-refractivity contribution in [3.63, 3.8) is 0 Å². The molecule has 2 N–H and O–H groups in total. The Morgan fingerprint density at radius 3 is 2.85 bits per heavy atom. The minimum absolute atomic E-state index is 0.576. The lowest BCUT2D eigenvalue weighted by Crippen LogP contribution is -1.97. The summed E-state index contributed by atoms with van der Waals surface area (Å²) >= 11 is 1.40. The Morgan fingerprint density at radius 2 is 2.05 bits per heavy atom. The van der Waals surface area contributed by atoms with Gasteiger partial charge in [-0.2, -0.15) is 0 Å². The highest BCUT2D eigenvalue weighted by Crippen LogP contribution is 2.37. The van der Waals surface area contributed by atoms with Crippen molar-refractivity contribution in [3.8, 4) is 5.75 Å². The van der Waals surface area contributed by atoms with E-state index in [2.05, 4.69) is 4.98 Å². The Balaban J connectivity index is 1.92. The number of para-hydroxylation sites is 3. The molecular weight excluding hydrogens is 272 g/mol. The van der Waals surface area contributed by atoms with E-state index in [9.17, 15) is 0 Å². The summed E-state index contributed by atoms with van der Waals surface area (Å²) < 4.78 is 11.2. The lowest BCUT2D eigenvalue weighted by atomic mass is 10.3. The summed E-state index contributed by atoms with van der Waals surface area (Å²) in [6.45, 7) is 2.52. The minimum atomic E-state index is 0.576. The summed E-state index contributed by atoms with van der Waals surface area (Å²) in [7, 11) is 0. The van der Waals surface area contributed by atoms with Gasteiger partial charge >= 0.3 is 0 Å². The average molecular weight is 286 g/mol. The number of fused-ring (bicyclic) bond motifs is 1. The number of ether oxygens (including phenoxy) is 1. The normalized spacial score (nSPS) is 10.8. The standard InChI is InChI=1S/C15H14N2O2S/c1-2-18-12-8-5-9-13(14(12)16)20-15-17-10-6-3-4-7-11(10)19-15/h3-9H,2,16H2,1H3. The van der Waals surface area contributed by atoms with Gasteiger partial charge in [0, 0.05) is 4.90 Å². The van der Waals surface area contributed by atoms with E-state index in [4.69, 9.17) is 14.9 Å². The van der Waals surface area contributed by atoms with Crippen LogP contribution in [-0.2, 0) is 0 Å². The molecule has 0 saturated heterocycles. The third-order valence-electron chi connectivity index (χ3n) is 2.80. The molecule has 0 unspecified atom stereocenters. The minimum Gasteiger partial charge on any atom is -0.492 e. The largest absolute Gasteiger partial charge is 0.492 e. The lowest BCUT2D eigenvalue weighted by molar-refractivity contribution is 0.341. The van der Waals surface area contributed by atoms with Crippen LogP contribution in [0, 0.1) is 0 Å².